The summed E-state index contributed by atoms with van der Waals surface area (Å²) in [4.78, 5) is 3.88. The molecule has 9 heteroatoms. The number of hydrogen-bond acceptors (Lipinski definition) is 4. The van der Waals surface area contributed by atoms with Gasteiger partial charge in [0.15, 0.2) is 0 Å². The number of ether oxygens (including phenoxy) is 1. The fourth-order valence-corrected chi connectivity index (χ4v) is 2.93. The third-order valence-electron chi connectivity index (χ3n) is 3.78. The van der Waals surface area contributed by atoms with Crippen LogP contribution in [0.15, 0.2) is 18.3 Å². The molecule has 1 aromatic heterocycles. The minimum Gasteiger partial charge on any atom is -0.495 e. The van der Waals surface area contributed by atoms with E-state index in [1.165, 1.54) is 31.5 Å². The summed E-state index contributed by atoms with van der Waals surface area (Å²) in [7, 11) is -2.12. The lowest BCUT2D eigenvalue weighted by Gasteiger charge is -2.31. The van der Waals surface area contributed by atoms with Crippen molar-refractivity contribution in [3.63, 3.8) is 0 Å². The molecule has 0 saturated heterocycles. The fourth-order valence-electron chi connectivity index (χ4n) is 2.44. The highest BCUT2D eigenvalue weighted by Gasteiger charge is 2.42. The summed E-state index contributed by atoms with van der Waals surface area (Å²) < 4.78 is 70.7. The predicted octanol–water partition coefficient (Wildman–Crippen LogP) is 3.39. The van der Waals surface area contributed by atoms with Gasteiger partial charge < -0.3 is 4.74 Å². The van der Waals surface area contributed by atoms with Crippen molar-refractivity contribution in [1.29, 1.82) is 0 Å². The third kappa shape index (κ3) is 5.12. The molecule has 5 nitrogen and oxygen atoms in total. The Balaban J connectivity index is 2.22. The molecule has 0 bridgehead atoms. The van der Waals surface area contributed by atoms with Gasteiger partial charge in [0.2, 0.25) is 15.9 Å². The van der Waals surface area contributed by atoms with E-state index in [1.807, 2.05) is 0 Å². The monoisotopic (exact) mass is 364 g/mol. The van der Waals surface area contributed by atoms with Gasteiger partial charge in [0.25, 0.3) is 0 Å². The third-order valence-corrected chi connectivity index (χ3v) is 4.36. The second-order valence-corrected chi connectivity index (χ2v) is 7.66. The number of nitrogens with one attached hydrogen (secondary N) is 1. The lowest BCUT2D eigenvalue weighted by molar-refractivity contribution is -0.0639. The number of aromatic nitrogens is 1. The van der Waals surface area contributed by atoms with Crippen LogP contribution in [0.2, 0.25) is 0 Å². The van der Waals surface area contributed by atoms with Gasteiger partial charge in [0.05, 0.1) is 19.6 Å². The summed E-state index contributed by atoms with van der Waals surface area (Å²) in [6, 6.07) is 1.39. The van der Waals surface area contributed by atoms with Crippen LogP contribution in [0.25, 0.3) is 6.08 Å². The highest BCUT2D eigenvalue weighted by molar-refractivity contribution is 7.92. The minimum atomic E-state index is -3.51. The quantitative estimate of drug-likeness (QED) is 0.870. The lowest BCUT2D eigenvalue weighted by Crippen LogP contribution is -2.33. The Morgan fingerprint density at radius 1 is 1.25 bits per heavy atom. The predicted molar refractivity (Wildman–Crippen MR) is 85.5 cm³/mol. The molecule has 1 aliphatic carbocycles. The maximum Gasteiger partial charge on any atom is 0.248 e. The summed E-state index contributed by atoms with van der Waals surface area (Å²) in [5, 5.41) is 0. The number of pyridine rings is 1. The maximum atomic E-state index is 14.6. The van der Waals surface area contributed by atoms with E-state index >= 15 is 0 Å². The molecule has 2 rings (SSSR count). The molecule has 1 saturated carbocycles. The molecule has 1 fully saturated rings. The number of anilines is 1. The minimum absolute atomic E-state index is 0.0565. The number of nitrogens with zero attached hydrogens (tertiary/aromatic N) is 1. The van der Waals surface area contributed by atoms with E-state index in [0.29, 0.717) is 11.3 Å². The van der Waals surface area contributed by atoms with Crippen molar-refractivity contribution in [2.75, 3.05) is 18.1 Å². The molecule has 1 aromatic rings. The average Bonchev–Trinajstić information content (AvgIpc) is 2.47. The summed E-state index contributed by atoms with van der Waals surface area (Å²) in [5.74, 6) is -2.44. The Bertz CT molecular complexity index is 725. The summed E-state index contributed by atoms with van der Waals surface area (Å²) in [5.41, 5.74) is -1.42. The first-order chi connectivity index (χ1) is 11.0. The van der Waals surface area contributed by atoms with Crippen molar-refractivity contribution in [1.82, 2.24) is 4.98 Å². The van der Waals surface area contributed by atoms with Gasteiger partial charge in [0.1, 0.15) is 17.2 Å². The highest BCUT2D eigenvalue weighted by atomic mass is 32.2. The Kier molecular flexibility index (Phi) is 5.12. The Hall–Kier alpha value is -1.77. The molecule has 0 spiro atoms. The number of halogens is 3. The van der Waals surface area contributed by atoms with Crippen LogP contribution in [0.4, 0.5) is 19.0 Å². The SMILES string of the molecule is COc1cnc(NS(C)(=O)=O)cc1/C=C/C1(F)CCC(F)(F)CC1. The number of hydrogen-bond donors (Lipinski definition) is 1. The maximum absolute atomic E-state index is 14.6. The van der Waals surface area contributed by atoms with E-state index in [9.17, 15) is 21.6 Å². The first-order valence-corrected chi connectivity index (χ1v) is 9.19. The molecule has 0 aromatic carbocycles. The molecule has 24 heavy (non-hydrogen) atoms. The normalized spacial score (nSPS) is 20.0. The second-order valence-electron chi connectivity index (χ2n) is 5.91. The molecule has 0 aliphatic heterocycles. The van der Waals surface area contributed by atoms with Gasteiger partial charge in [-0.1, -0.05) is 6.08 Å². The van der Waals surface area contributed by atoms with Crippen LogP contribution in [-0.4, -0.2) is 38.4 Å². The smallest absolute Gasteiger partial charge is 0.248 e. The van der Waals surface area contributed by atoms with Gasteiger partial charge in [-0.3, -0.25) is 4.72 Å². The average molecular weight is 364 g/mol. The molecule has 134 valence electrons. The Morgan fingerprint density at radius 2 is 1.88 bits per heavy atom. The van der Waals surface area contributed by atoms with Crippen molar-refractivity contribution in [3.05, 3.63) is 23.9 Å². The van der Waals surface area contributed by atoms with Gasteiger partial charge >= 0.3 is 0 Å². The zero-order valence-corrected chi connectivity index (χ0v) is 14.2. The molecule has 0 radical (unpaired) electrons. The van der Waals surface area contributed by atoms with Crippen LogP contribution in [0.1, 0.15) is 31.2 Å². The molecule has 1 aliphatic rings. The molecular weight excluding hydrogens is 345 g/mol. The van der Waals surface area contributed by atoms with E-state index in [1.54, 1.807) is 0 Å². The van der Waals surface area contributed by atoms with Crippen molar-refractivity contribution < 1.29 is 26.3 Å². The van der Waals surface area contributed by atoms with Crippen LogP contribution in [0.3, 0.4) is 0 Å². The number of alkyl halides is 3. The van der Waals surface area contributed by atoms with Crippen molar-refractivity contribution in [2.45, 2.75) is 37.3 Å². The van der Waals surface area contributed by atoms with E-state index < -0.39 is 34.5 Å². The van der Waals surface area contributed by atoms with Gasteiger partial charge in [-0.2, -0.15) is 0 Å². The topological polar surface area (TPSA) is 68.3 Å². The molecular formula is C15H19F3N2O3S. The van der Waals surface area contributed by atoms with Crippen molar-refractivity contribution in [2.24, 2.45) is 0 Å². The number of sulfonamides is 1. The van der Waals surface area contributed by atoms with E-state index in [0.717, 1.165) is 6.26 Å². The van der Waals surface area contributed by atoms with Crippen LogP contribution in [0, 0.1) is 0 Å². The van der Waals surface area contributed by atoms with Crippen LogP contribution in [0.5, 0.6) is 5.75 Å². The standard InChI is InChI=1S/C15H19F3N2O3S/c1-23-12-10-19-13(20-24(2,21)22)9-11(12)3-4-14(16)5-7-15(17,18)8-6-14/h3-4,9-10H,5-8H2,1-2H3,(H,19,20)/b4-3+. The van der Waals surface area contributed by atoms with Crippen molar-refractivity contribution >= 4 is 21.9 Å². The van der Waals surface area contributed by atoms with Gasteiger partial charge in [-0.05, 0) is 25.0 Å². The van der Waals surface area contributed by atoms with Gasteiger partial charge in [0, 0.05) is 18.4 Å². The van der Waals surface area contributed by atoms with Crippen molar-refractivity contribution in [3.8, 4) is 5.75 Å². The van der Waals surface area contributed by atoms with E-state index in [-0.39, 0.29) is 18.7 Å². The Labute approximate surface area is 139 Å². The largest absolute Gasteiger partial charge is 0.495 e. The van der Waals surface area contributed by atoms with Crippen LogP contribution in [-0.2, 0) is 10.0 Å². The van der Waals surface area contributed by atoms with Gasteiger partial charge in [-0.15, -0.1) is 0 Å². The fraction of sp³-hybridized carbons (Fsp3) is 0.533. The molecule has 0 amide bonds. The molecule has 0 atom stereocenters. The van der Waals surface area contributed by atoms with Crippen LogP contribution < -0.4 is 9.46 Å². The summed E-state index contributed by atoms with van der Waals surface area (Å²) in [6.45, 7) is 0. The molecule has 0 unspecified atom stereocenters. The van der Waals surface area contributed by atoms with E-state index in [4.69, 9.17) is 4.74 Å². The Morgan fingerprint density at radius 3 is 2.42 bits per heavy atom. The summed E-state index contributed by atoms with van der Waals surface area (Å²) >= 11 is 0. The summed E-state index contributed by atoms with van der Waals surface area (Å²) in [6.07, 6.45) is 3.38. The first-order valence-electron chi connectivity index (χ1n) is 7.30. The van der Waals surface area contributed by atoms with E-state index in [2.05, 4.69) is 9.71 Å². The van der Waals surface area contributed by atoms with Gasteiger partial charge in [-0.25, -0.2) is 26.6 Å². The number of rotatable bonds is 5. The number of methoxy groups -OCH3 is 1. The highest BCUT2D eigenvalue weighted by Crippen LogP contribution is 2.41. The zero-order chi connectivity index (χ0) is 18.0. The second kappa shape index (κ2) is 6.62. The zero-order valence-electron chi connectivity index (χ0n) is 13.4. The van der Waals surface area contributed by atoms with Crippen LogP contribution >= 0.6 is 0 Å². The molecule has 1 N–H and O–H groups in total. The number of allylic oxidation sites excluding steroid dienone is 1. The lowest BCUT2D eigenvalue weighted by atomic mass is 9.83. The first kappa shape index (κ1) is 18.6. The molecule has 1 heterocycles.